The second kappa shape index (κ2) is 7.12. The summed E-state index contributed by atoms with van der Waals surface area (Å²) in [6, 6.07) is 0. The smallest absolute Gasteiger partial charge is 0.0935 e. The van der Waals surface area contributed by atoms with E-state index in [2.05, 4.69) is 28.0 Å². The van der Waals surface area contributed by atoms with Crippen LogP contribution in [0.4, 0.5) is 0 Å². The van der Waals surface area contributed by atoms with Gasteiger partial charge in [-0.3, -0.25) is 14.5 Å². The minimum atomic E-state index is 0.141. The molecule has 4 heterocycles. The van der Waals surface area contributed by atoms with Gasteiger partial charge in [-0.15, -0.1) is 0 Å². The molecule has 0 aromatic carbocycles. The highest BCUT2D eigenvalue weighted by atomic mass is 16.5. The van der Waals surface area contributed by atoms with E-state index >= 15 is 0 Å². The molecular weight excluding hydrogens is 304 g/mol. The van der Waals surface area contributed by atoms with Crippen LogP contribution in [0.25, 0.3) is 0 Å². The number of ether oxygens (including phenoxy) is 2. The maximum Gasteiger partial charge on any atom is 0.0935 e. The number of nitrogens with zero attached hydrogens (tertiary/aromatic N) is 4. The minimum Gasteiger partial charge on any atom is -0.379 e. The van der Waals surface area contributed by atoms with Gasteiger partial charge in [0, 0.05) is 57.6 Å². The molecule has 134 valence electrons. The van der Waals surface area contributed by atoms with Crippen LogP contribution < -0.4 is 0 Å². The van der Waals surface area contributed by atoms with E-state index in [9.17, 15) is 0 Å². The van der Waals surface area contributed by atoms with Crippen LogP contribution in [-0.2, 0) is 22.6 Å². The molecule has 3 fully saturated rings. The Labute approximate surface area is 144 Å². The van der Waals surface area contributed by atoms with Crippen LogP contribution in [0.2, 0.25) is 0 Å². The zero-order valence-electron chi connectivity index (χ0n) is 14.8. The normalized spacial score (nSPS) is 28.1. The molecule has 1 aromatic rings. The largest absolute Gasteiger partial charge is 0.379 e. The number of aromatic nitrogens is 2. The van der Waals surface area contributed by atoms with Crippen LogP contribution in [0.1, 0.15) is 25.3 Å². The molecule has 0 aliphatic carbocycles. The molecule has 0 amide bonds. The van der Waals surface area contributed by atoms with Crippen molar-refractivity contribution in [3.05, 3.63) is 18.0 Å². The summed E-state index contributed by atoms with van der Waals surface area (Å²) in [4.78, 5) is 5.02. The van der Waals surface area contributed by atoms with Crippen molar-refractivity contribution in [3.8, 4) is 0 Å². The molecule has 0 unspecified atom stereocenters. The van der Waals surface area contributed by atoms with Crippen molar-refractivity contribution in [2.45, 2.75) is 38.5 Å². The molecule has 1 aromatic heterocycles. The Balaban J connectivity index is 1.19. The van der Waals surface area contributed by atoms with Crippen molar-refractivity contribution >= 4 is 0 Å². The van der Waals surface area contributed by atoms with Gasteiger partial charge in [0.25, 0.3) is 0 Å². The molecule has 6 heteroatoms. The Kier molecular flexibility index (Phi) is 4.90. The lowest BCUT2D eigenvalue weighted by atomic mass is 9.82. The summed E-state index contributed by atoms with van der Waals surface area (Å²) in [7, 11) is 0. The zero-order chi connectivity index (χ0) is 16.4. The van der Waals surface area contributed by atoms with Gasteiger partial charge in [0.2, 0.25) is 0 Å². The van der Waals surface area contributed by atoms with E-state index in [0.29, 0.717) is 5.92 Å². The van der Waals surface area contributed by atoms with E-state index in [1.807, 2.05) is 10.9 Å². The number of rotatable bonds is 5. The standard InChI is InChI=1S/C18H30N4O2/c1-2-22-12-17(9-19-22)11-21-14-18(15-21)4-3-16(13-24-18)10-20-5-7-23-8-6-20/h9,12,16H,2-8,10-11,13-15H2,1H3/t16-/m1/s1. The van der Waals surface area contributed by atoms with Crippen LogP contribution in [0.3, 0.4) is 0 Å². The van der Waals surface area contributed by atoms with E-state index in [0.717, 1.165) is 59.1 Å². The SMILES string of the molecule is CCn1cc(CN2CC3(CC[C@H](CN4CCOCC4)CO3)C2)cn1. The van der Waals surface area contributed by atoms with Gasteiger partial charge in [0.05, 0.1) is 31.6 Å². The number of likely N-dealkylation sites (tertiary alicyclic amines) is 1. The lowest BCUT2D eigenvalue weighted by Gasteiger charge is -2.53. The zero-order valence-corrected chi connectivity index (χ0v) is 14.8. The van der Waals surface area contributed by atoms with Crippen molar-refractivity contribution in [2.24, 2.45) is 5.92 Å². The molecule has 4 rings (SSSR count). The van der Waals surface area contributed by atoms with Crippen molar-refractivity contribution in [1.82, 2.24) is 19.6 Å². The first kappa shape index (κ1) is 16.5. The molecular formula is C18H30N4O2. The van der Waals surface area contributed by atoms with Crippen LogP contribution in [-0.4, -0.2) is 77.7 Å². The van der Waals surface area contributed by atoms with E-state index in [4.69, 9.17) is 9.47 Å². The van der Waals surface area contributed by atoms with E-state index in [1.165, 1.54) is 24.9 Å². The number of aryl methyl sites for hydroxylation is 1. The fourth-order valence-corrected chi connectivity index (χ4v) is 4.26. The van der Waals surface area contributed by atoms with Crippen LogP contribution in [0.15, 0.2) is 12.4 Å². The molecule has 0 bridgehead atoms. The van der Waals surface area contributed by atoms with Crippen LogP contribution in [0.5, 0.6) is 0 Å². The number of hydrogen-bond donors (Lipinski definition) is 0. The monoisotopic (exact) mass is 334 g/mol. The summed E-state index contributed by atoms with van der Waals surface area (Å²) >= 11 is 0. The highest BCUT2D eigenvalue weighted by molar-refractivity contribution is 5.08. The Morgan fingerprint density at radius 2 is 2.08 bits per heavy atom. The predicted molar refractivity (Wildman–Crippen MR) is 91.8 cm³/mol. The van der Waals surface area contributed by atoms with Gasteiger partial charge in [-0.1, -0.05) is 0 Å². The third-order valence-corrected chi connectivity index (χ3v) is 5.69. The first-order valence-electron chi connectivity index (χ1n) is 9.42. The molecule has 0 N–H and O–H groups in total. The summed E-state index contributed by atoms with van der Waals surface area (Å²) in [5.74, 6) is 0.700. The molecule has 6 nitrogen and oxygen atoms in total. The maximum absolute atomic E-state index is 6.33. The molecule has 0 saturated carbocycles. The Hall–Kier alpha value is -0.950. The summed E-state index contributed by atoms with van der Waals surface area (Å²) in [6.45, 7) is 12.3. The van der Waals surface area contributed by atoms with E-state index < -0.39 is 0 Å². The van der Waals surface area contributed by atoms with Gasteiger partial charge in [-0.05, 0) is 25.7 Å². The quantitative estimate of drug-likeness (QED) is 0.810. The van der Waals surface area contributed by atoms with Gasteiger partial charge in [-0.25, -0.2) is 0 Å². The average Bonchev–Trinajstić information content (AvgIpc) is 3.04. The van der Waals surface area contributed by atoms with Gasteiger partial charge in [0.15, 0.2) is 0 Å². The maximum atomic E-state index is 6.33. The second-order valence-electron chi connectivity index (χ2n) is 7.66. The molecule has 3 saturated heterocycles. The van der Waals surface area contributed by atoms with Crippen LogP contribution >= 0.6 is 0 Å². The second-order valence-corrected chi connectivity index (χ2v) is 7.66. The fraction of sp³-hybridized carbons (Fsp3) is 0.833. The lowest BCUT2D eigenvalue weighted by molar-refractivity contribution is -0.184. The molecule has 1 spiro atoms. The third-order valence-electron chi connectivity index (χ3n) is 5.69. The van der Waals surface area contributed by atoms with Gasteiger partial charge in [-0.2, -0.15) is 5.10 Å². The molecule has 3 aliphatic rings. The topological polar surface area (TPSA) is 42.8 Å². The third kappa shape index (κ3) is 3.67. The van der Waals surface area contributed by atoms with Gasteiger partial charge >= 0.3 is 0 Å². The van der Waals surface area contributed by atoms with Crippen molar-refractivity contribution < 1.29 is 9.47 Å². The van der Waals surface area contributed by atoms with Crippen LogP contribution in [0, 0.1) is 5.92 Å². The first-order chi connectivity index (χ1) is 11.7. The lowest BCUT2D eigenvalue weighted by Crippen LogP contribution is -2.64. The highest BCUT2D eigenvalue weighted by Gasteiger charge is 2.46. The van der Waals surface area contributed by atoms with Crippen molar-refractivity contribution in [3.63, 3.8) is 0 Å². The van der Waals surface area contributed by atoms with E-state index in [-0.39, 0.29) is 5.60 Å². The highest BCUT2D eigenvalue weighted by Crippen LogP contribution is 2.36. The molecule has 24 heavy (non-hydrogen) atoms. The Bertz CT molecular complexity index is 525. The Morgan fingerprint density at radius 3 is 2.75 bits per heavy atom. The summed E-state index contributed by atoms with van der Waals surface area (Å²) in [5, 5.41) is 4.36. The first-order valence-corrected chi connectivity index (χ1v) is 9.42. The molecule has 0 radical (unpaired) electrons. The van der Waals surface area contributed by atoms with Crippen molar-refractivity contribution in [2.75, 3.05) is 52.5 Å². The molecule has 3 aliphatic heterocycles. The predicted octanol–water partition coefficient (Wildman–Crippen LogP) is 1.22. The van der Waals surface area contributed by atoms with E-state index in [1.54, 1.807) is 0 Å². The van der Waals surface area contributed by atoms with Crippen molar-refractivity contribution in [1.29, 1.82) is 0 Å². The number of hydrogen-bond acceptors (Lipinski definition) is 5. The summed E-state index contributed by atoms with van der Waals surface area (Å²) in [6.07, 6.45) is 6.67. The fourth-order valence-electron chi connectivity index (χ4n) is 4.26. The average molecular weight is 334 g/mol. The van der Waals surface area contributed by atoms with Gasteiger partial charge in [0.1, 0.15) is 0 Å². The minimum absolute atomic E-state index is 0.141. The number of morpholine rings is 1. The summed E-state index contributed by atoms with van der Waals surface area (Å²) in [5.41, 5.74) is 1.45. The molecule has 1 atom stereocenters. The van der Waals surface area contributed by atoms with Gasteiger partial charge < -0.3 is 9.47 Å². The Morgan fingerprint density at radius 1 is 1.25 bits per heavy atom. The summed E-state index contributed by atoms with van der Waals surface area (Å²) < 4.78 is 13.8.